The summed E-state index contributed by atoms with van der Waals surface area (Å²) in [5.41, 5.74) is -0.497. The Bertz CT molecular complexity index is 244. The maximum atomic E-state index is 11.5. The fourth-order valence-corrected chi connectivity index (χ4v) is 1.70. The highest BCUT2D eigenvalue weighted by Gasteiger charge is 2.31. The summed E-state index contributed by atoms with van der Waals surface area (Å²) in [6, 6.07) is 0.177. The molecule has 0 aromatic heterocycles. The average molecular weight is 245 g/mol. The number of aliphatic hydroxyl groups is 1. The van der Waals surface area contributed by atoms with Gasteiger partial charge in [0.2, 0.25) is 0 Å². The van der Waals surface area contributed by atoms with E-state index in [2.05, 4.69) is 26.1 Å². The summed E-state index contributed by atoms with van der Waals surface area (Å²) in [6.45, 7) is 10.7. The standard InChI is InChI=1S/C13H27NO3/c1-12(2,3)10(7-8-15)14-9-13(4,5)11(16)17-6/h10,14-15H,7-9H2,1-6H3. The molecule has 0 spiro atoms. The number of carbonyl (C=O) groups excluding carboxylic acids is 1. The van der Waals surface area contributed by atoms with Crippen LogP contribution < -0.4 is 5.32 Å². The van der Waals surface area contributed by atoms with E-state index in [0.29, 0.717) is 13.0 Å². The quantitative estimate of drug-likeness (QED) is 0.697. The second-order valence-corrected chi connectivity index (χ2v) is 6.19. The smallest absolute Gasteiger partial charge is 0.312 e. The van der Waals surface area contributed by atoms with Crippen molar-refractivity contribution in [1.29, 1.82) is 0 Å². The number of nitrogens with one attached hydrogen (secondary N) is 1. The molecule has 0 fully saturated rings. The van der Waals surface area contributed by atoms with E-state index in [1.165, 1.54) is 7.11 Å². The Labute approximate surface area is 105 Å². The summed E-state index contributed by atoms with van der Waals surface area (Å²) in [4.78, 5) is 11.5. The summed E-state index contributed by atoms with van der Waals surface area (Å²) in [7, 11) is 1.40. The molecule has 4 nitrogen and oxygen atoms in total. The summed E-state index contributed by atoms with van der Waals surface area (Å²) < 4.78 is 4.76. The molecular weight excluding hydrogens is 218 g/mol. The molecule has 102 valence electrons. The molecule has 0 rings (SSSR count). The normalized spacial score (nSPS) is 14.5. The lowest BCUT2D eigenvalue weighted by atomic mass is 9.83. The highest BCUT2D eigenvalue weighted by Crippen LogP contribution is 2.23. The zero-order valence-electron chi connectivity index (χ0n) is 12.0. The molecule has 0 aromatic rings. The molecule has 4 heteroatoms. The van der Waals surface area contributed by atoms with Gasteiger partial charge in [0.1, 0.15) is 0 Å². The molecule has 0 aliphatic heterocycles. The van der Waals surface area contributed by atoms with Crippen LogP contribution in [0.15, 0.2) is 0 Å². The predicted molar refractivity (Wildman–Crippen MR) is 68.7 cm³/mol. The molecule has 1 unspecified atom stereocenters. The Morgan fingerprint density at radius 3 is 2.18 bits per heavy atom. The molecule has 0 heterocycles. The van der Waals surface area contributed by atoms with Gasteiger partial charge in [0, 0.05) is 19.2 Å². The monoisotopic (exact) mass is 245 g/mol. The third kappa shape index (κ3) is 5.50. The number of rotatable bonds is 6. The van der Waals surface area contributed by atoms with E-state index >= 15 is 0 Å². The van der Waals surface area contributed by atoms with Crippen LogP contribution in [0.3, 0.4) is 0 Å². The Balaban J connectivity index is 4.45. The minimum atomic E-state index is -0.548. The van der Waals surface area contributed by atoms with Gasteiger partial charge in [-0.25, -0.2) is 0 Å². The number of methoxy groups -OCH3 is 1. The Morgan fingerprint density at radius 1 is 1.29 bits per heavy atom. The summed E-state index contributed by atoms with van der Waals surface area (Å²) in [5, 5.41) is 12.4. The van der Waals surface area contributed by atoms with Gasteiger partial charge < -0.3 is 15.2 Å². The highest BCUT2D eigenvalue weighted by molar-refractivity contribution is 5.76. The van der Waals surface area contributed by atoms with E-state index in [4.69, 9.17) is 9.84 Å². The van der Waals surface area contributed by atoms with Crippen molar-refractivity contribution < 1.29 is 14.6 Å². The zero-order valence-corrected chi connectivity index (χ0v) is 12.0. The first kappa shape index (κ1) is 16.4. The summed E-state index contributed by atoms with van der Waals surface area (Å²) >= 11 is 0. The Kier molecular flexibility index (Phi) is 6.13. The van der Waals surface area contributed by atoms with Crippen LogP contribution in [-0.2, 0) is 9.53 Å². The fourth-order valence-electron chi connectivity index (χ4n) is 1.70. The predicted octanol–water partition coefficient (Wildman–Crippen LogP) is 1.57. The lowest BCUT2D eigenvalue weighted by Crippen LogP contribution is -2.47. The maximum absolute atomic E-state index is 11.5. The Hall–Kier alpha value is -0.610. The van der Waals surface area contributed by atoms with Gasteiger partial charge in [-0.3, -0.25) is 4.79 Å². The molecule has 0 radical (unpaired) electrons. The molecule has 17 heavy (non-hydrogen) atoms. The van der Waals surface area contributed by atoms with Crippen LogP contribution in [0, 0.1) is 10.8 Å². The fraction of sp³-hybridized carbons (Fsp3) is 0.923. The molecular formula is C13H27NO3. The number of hydrogen-bond acceptors (Lipinski definition) is 4. The molecule has 0 aliphatic carbocycles. The Morgan fingerprint density at radius 2 is 1.82 bits per heavy atom. The van der Waals surface area contributed by atoms with Crippen LogP contribution in [-0.4, -0.2) is 37.4 Å². The van der Waals surface area contributed by atoms with Crippen LogP contribution in [0.4, 0.5) is 0 Å². The van der Waals surface area contributed by atoms with Gasteiger partial charge in [-0.15, -0.1) is 0 Å². The van der Waals surface area contributed by atoms with Crippen LogP contribution in [0.5, 0.6) is 0 Å². The minimum absolute atomic E-state index is 0.0505. The van der Waals surface area contributed by atoms with E-state index in [0.717, 1.165) is 0 Å². The van der Waals surface area contributed by atoms with Crippen LogP contribution in [0.25, 0.3) is 0 Å². The van der Waals surface area contributed by atoms with Crippen LogP contribution >= 0.6 is 0 Å². The first-order chi connectivity index (χ1) is 7.65. The van der Waals surface area contributed by atoms with Gasteiger partial charge in [-0.1, -0.05) is 20.8 Å². The van der Waals surface area contributed by atoms with Crippen molar-refractivity contribution in [2.45, 2.75) is 47.1 Å². The van der Waals surface area contributed by atoms with E-state index in [1.54, 1.807) is 0 Å². The van der Waals surface area contributed by atoms with Gasteiger partial charge in [0.25, 0.3) is 0 Å². The number of ether oxygens (including phenoxy) is 1. The van der Waals surface area contributed by atoms with Crippen molar-refractivity contribution in [3.63, 3.8) is 0 Å². The first-order valence-electron chi connectivity index (χ1n) is 6.08. The largest absolute Gasteiger partial charge is 0.469 e. The minimum Gasteiger partial charge on any atom is -0.469 e. The number of esters is 1. The van der Waals surface area contributed by atoms with Crippen molar-refractivity contribution in [3.8, 4) is 0 Å². The lowest BCUT2D eigenvalue weighted by Gasteiger charge is -2.34. The van der Waals surface area contributed by atoms with Crippen LogP contribution in [0.2, 0.25) is 0 Å². The van der Waals surface area contributed by atoms with Crippen molar-refractivity contribution in [3.05, 3.63) is 0 Å². The van der Waals surface area contributed by atoms with Gasteiger partial charge in [0.15, 0.2) is 0 Å². The molecule has 0 saturated heterocycles. The van der Waals surface area contributed by atoms with Crippen molar-refractivity contribution >= 4 is 5.97 Å². The third-order valence-corrected chi connectivity index (χ3v) is 2.99. The second-order valence-electron chi connectivity index (χ2n) is 6.19. The van der Waals surface area contributed by atoms with E-state index in [9.17, 15) is 4.79 Å². The molecule has 0 bridgehead atoms. The highest BCUT2D eigenvalue weighted by atomic mass is 16.5. The van der Waals surface area contributed by atoms with Crippen LogP contribution in [0.1, 0.15) is 41.0 Å². The second kappa shape index (κ2) is 6.36. The van der Waals surface area contributed by atoms with E-state index in [1.807, 2.05) is 13.8 Å². The topological polar surface area (TPSA) is 58.6 Å². The SMILES string of the molecule is COC(=O)C(C)(C)CNC(CCO)C(C)(C)C. The lowest BCUT2D eigenvalue weighted by molar-refractivity contribution is -0.150. The number of hydrogen-bond donors (Lipinski definition) is 2. The van der Waals surface area contributed by atoms with Crippen molar-refractivity contribution in [1.82, 2.24) is 5.32 Å². The molecule has 0 aliphatic rings. The van der Waals surface area contributed by atoms with Crippen molar-refractivity contribution in [2.24, 2.45) is 10.8 Å². The van der Waals surface area contributed by atoms with Gasteiger partial charge in [-0.05, 0) is 25.7 Å². The van der Waals surface area contributed by atoms with E-state index in [-0.39, 0.29) is 24.0 Å². The molecule has 0 amide bonds. The van der Waals surface area contributed by atoms with Gasteiger partial charge >= 0.3 is 5.97 Å². The van der Waals surface area contributed by atoms with E-state index < -0.39 is 5.41 Å². The molecule has 2 N–H and O–H groups in total. The van der Waals surface area contributed by atoms with Gasteiger partial charge in [-0.2, -0.15) is 0 Å². The molecule has 0 aromatic carbocycles. The first-order valence-corrected chi connectivity index (χ1v) is 6.08. The number of carbonyl (C=O) groups is 1. The summed E-state index contributed by atoms with van der Waals surface area (Å²) in [6.07, 6.45) is 0.681. The number of aliphatic hydroxyl groups excluding tert-OH is 1. The zero-order chi connectivity index (χ0) is 13.7. The van der Waals surface area contributed by atoms with Gasteiger partial charge in [0.05, 0.1) is 12.5 Å². The third-order valence-electron chi connectivity index (χ3n) is 2.99. The molecule has 1 atom stereocenters. The van der Waals surface area contributed by atoms with Crippen molar-refractivity contribution in [2.75, 3.05) is 20.3 Å². The average Bonchev–Trinajstić information content (AvgIpc) is 2.21. The molecule has 0 saturated carbocycles. The summed E-state index contributed by atoms with van der Waals surface area (Å²) in [5.74, 6) is -0.221. The maximum Gasteiger partial charge on any atom is 0.312 e.